The van der Waals surface area contributed by atoms with Gasteiger partial charge in [-0.1, -0.05) is 0 Å². The Hall–Kier alpha value is -0.170. The van der Waals surface area contributed by atoms with E-state index in [4.69, 9.17) is 15.4 Å². The van der Waals surface area contributed by atoms with Crippen molar-refractivity contribution in [3.8, 4) is 0 Å². The lowest BCUT2D eigenvalue weighted by Crippen LogP contribution is -2.49. The van der Waals surface area contributed by atoms with Gasteiger partial charge in [-0.2, -0.15) is 8.42 Å². The Morgan fingerprint density at radius 3 is 1.90 bits per heavy atom. The van der Waals surface area contributed by atoms with E-state index in [0.29, 0.717) is 0 Å². The molecule has 0 saturated heterocycles. The lowest BCUT2D eigenvalue weighted by atomic mass is 10.2. The van der Waals surface area contributed by atoms with Gasteiger partial charge in [0, 0.05) is 0 Å². The number of hydrogen-bond acceptors (Lipinski definition) is 4. The molecule has 0 radical (unpaired) electrons. The maximum atomic E-state index is 10.3. The Bertz CT molecular complexity index is 202. The molecular weight excluding hydrogens is 158 g/mol. The van der Waals surface area contributed by atoms with Crippen LogP contribution in [0.25, 0.3) is 0 Å². The van der Waals surface area contributed by atoms with E-state index in [9.17, 15) is 8.42 Å². The van der Waals surface area contributed by atoms with Crippen LogP contribution >= 0.6 is 0 Å². The zero-order valence-corrected chi connectivity index (χ0v) is 6.59. The molecule has 0 bridgehead atoms. The summed E-state index contributed by atoms with van der Waals surface area (Å²) in [5.74, 6) is 0. The van der Waals surface area contributed by atoms with Crippen LogP contribution in [0.2, 0.25) is 0 Å². The van der Waals surface area contributed by atoms with Crippen LogP contribution in [0.15, 0.2) is 0 Å². The van der Waals surface area contributed by atoms with Crippen LogP contribution in [-0.2, 0) is 10.1 Å². The van der Waals surface area contributed by atoms with Gasteiger partial charge in [0.15, 0.2) is 0 Å². The molecule has 10 heavy (non-hydrogen) atoms. The fourth-order valence-corrected chi connectivity index (χ4v) is 0.905. The lowest BCUT2D eigenvalue weighted by molar-refractivity contribution is 0.0642. The van der Waals surface area contributed by atoms with Crippen molar-refractivity contribution in [2.45, 2.75) is 24.8 Å². The van der Waals surface area contributed by atoms with Gasteiger partial charge in [-0.05, 0) is 13.8 Å². The molecule has 2 atom stereocenters. The molecule has 0 aliphatic heterocycles. The minimum absolute atomic E-state index is 1.10. The van der Waals surface area contributed by atoms with Crippen LogP contribution in [-0.4, -0.2) is 29.1 Å². The quantitative estimate of drug-likeness (QED) is 0.361. The van der Waals surface area contributed by atoms with E-state index < -0.39 is 21.1 Å². The van der Waals surface area contributed by atoms with Crippen LogP contribution in [0.3, 0.4) is 0 Å². The molecule has 0 aliphatic rings. The highest BCUT2D eigenvalue weighted by atomic mass is 32.2. The molecule has 6 heteroatoms. The molecule has 0 heterocycles. The number of rotatable bonds is 2. The van der Waals surface area contributed by atoms with E-state index in [1.165, 1.54) is 0 Å². The SMILES string of the molecule is CC(C(C)(N)O)S(=O)(=O)O. The van der Waals surface area contributed by atoms with Gasteiger partial charge in [-0.25, -0.2) is 0 Å². The second-order valence-corrected chi connectivity index (χ2v) is 4.12. The summed E-state index contributed by atoms with van der Waals surface area (Å²) in [5.41, 5.74) is 3.09. The van der Waals surface area contributed by atoms with E-state index >= 15 is 0 Å². The molecule has 0 aromatic rings. The third-order valence-electron chi connectivity index (χ3n) is 1.27. The molecule has 0 spiro atoms. The predicted octanol–water partition coefficient (Wildman–Crippen LogP) is -1.07. The van der Waals surface area contributed by atoms with Crippen molar-refractivity contribution >= 4 is 10.1 Å². The van der Waals surface area contributed by atoms with Gasteiger partial charge in [0.05, 0.1) is 0 Å². The van der Waals surface area contributed by atoms with Gasteiger partial charge in [0.1, 0.15) is 11.0 Å². The number of nitrogens with two attached hydrogens (primary N) is 1. The van der Waals surface area contributed by atoms with Gasteiger partial charge >= 0.3 is 0 Å². The van der Waals surface area contributed by atoms with Crippen LogP contribution < -0.4 is 5.73 Å². The van der Waals surface area contributed by atoms with Crippen LogP contribution in [0, 0.1) is 0 Å². The third kappa shape index (κ3) is 2.61. The highest BCUT2D eigenvalue weighted by Crippen LogP contribution is 2.09. The summed E-state index contributed by atoms with van der Waals surface area (Å²) in [6, 6.07) is 0. The summed E-state index contributed by atoms with van der Waals surface area (Å²) in [4.78, 5) is 0. The molecule has 2 unspecified atom stereocenters. The van der Waals surface area contributed by atoms with Gasteiger partial charge < -0.3 is 10.8 Å². The molecule has 0 saturated carbocycles. The van der Waals surface area contributed by atoms with Crippen molar-refractivity contribution < 1.29 is 18.1 Å². The molecule has 62 valence electrons. The standard InChI is InChI=1S/C4H11NO4S/c1-3(4(2,5)6)10(7,8)9/h3,6H,5H2,1-2H3,(H,7,8,9). The topological polar surface area (TPSA) is 101 Å². The summed E-state index contributed by atoms with van der Waals surface area (Å²) in [5, 5.41) is 7.49. The maximum Gasteiger partial charge on any atom is 0.271 e. The first-order valence-electron chi connectivity index (χ1n) is 2.63. The van der Waals surface area contributed by atoms with Crippen molar-refractivity contribution in [3.63, 3.8) is 0 Å². The lowest BCUT2D eigenvalue weighted by Gasteiger charge is -2.22. The summed E-state index contributed by atoms with van der Waals surface area (Å²) >= 11 is 0. The number of aliphatic hydroxyl groups is 1. The molecule has 0 amide bonds. The average molecular weight is 169 g/mol. The first kappa shape index (κ1) is 9.83. The minimum atomic E-state index is -4.24. The first-order valence-corrected chi connectivity index (χ1v) is 4.13. The molecule has 0 fully saturated rings. The highest BCUT2D eigenvalue weighted by molar-refractivity contribution is 7.86. The van der Waals surface area contributed by atoms with E-state index in [0.717, 1.165) is 13.8 Å². The zero-order valence-electron chi connectivity index (χ0n) is 5.77. The summed E-state index contributed by atoms with van der Waals surface area (Å²) < 4.78 is 28.9. The largest absolute Gasteiger partial charge is 0.375 e. The summed E-state index contributed by atoms with van der Waals surface area (Å²) in [6.45, 7) is 2.22. The van der Waals surface area contributed by atoms with Crippen molar-refractivity contribution in [1.82, 2.24) is 0 Å². The van der Waals surface area contributed by atoms with Crippen molar-refractivity contribution in [3.05, 3.63) is 0 Å². The van der Waals surface area contributed by atoms with Gasteiger partial charge in [0.25, 0.3) is 10.1 Å². The molecule has 4 N–H and O–H groups in total. The Balaban J connectivity index is 4.56. The molecule has 0 aromatic heterocycles. The van der Waals surface area contributed by atoms with Crippen LogP contribution in [0.4, 0.5) is 0 Å². The van der Waals surface area contributed by atoms with E-state index in [-0.39, 0.29) is 0 Å². The first-order chi connectivity index (χ1) is 4.15. The van der Waals surface area contributed by atoms with Gasteiger partial charge in [-0.15, -0.1) is 0 Å². The van der Waals surface area contributed by atoms with Gasteiger partial charge in [-0.3, -0.25) is 4.55 Å². The second kappa shape index (κ2) is 2.46. The second-order valence-electron chi connectivity index (χ2n) is 2.38. The Morgan fingerprint density at radius 1 is 1.60 bits per heavy atom. The molecular formula is C4H11NO4S. The smallest absolute Gasteiger partial charge is 0.271 e. The fraction of sp³-hybridized carbons (Fsp3) is 1.00. The van der Waals surface area contributed by atoms with E-state index in [1.807, 2.05) is 0 Å². The van der Waals surface area contributed by atoms with E-state index in [1.54, 1.807) is 0 Å². The van der Waals surface area contributed by atoms with Gasteiger partial charge in [0.2, 0.25) is 0 Å². The molecule has 0 aliphatic carbocycles. The molecule has 0 aromatic carbocycles. The average Bonchev–Trinajstić information content (AvgIpc) is 1.59. The van der Waals surface area contributed by atoms with Crippen LogP contribution in [0.5, 0.6) is 0 Å². The Kier molecular flexibility index (Phi) is 2.42. The predicted molar refractivity (Wildman–Crippen MR) is 35.8 cm³/mol. The van der Waals surface area contributed by atoms with Crippen molar-refractivity contribution in [2.24, 2.45) is 5.73 Å². The summed E-state index contributed by atoms with van der Waals surface area (Å²) in [7, 11) is -4.24. The zero-order chi connectivity index (χ0) is 8.58. The molecule has 0 rings (SSSR count). The van der Waals surface area contributed by atoms with Crippen molar-refractivity contribution in [1.29, 1.82) is 0 Å². The van der Waals surface area contributed by atoms with Crippen molar-refractivity contribution in [2.75, 3.05) is 0 Å². The molecule has 5 nitrogen and oxygen atoms in total. The summed E-state index contributed by atoms with van der Waals surface area (Å²) in [6.07, 6.45) is 0. The highest BCUT2D eigenvalue weighted by Gasteiger charge is 2.33. The third-order valence-corrected chi connectivity index (χ3v) is 2.64. The monoisotopic (exact) mass is 169 g/mol. The fourth-order valence-electron chi connectivity index (χ4n) is 0.302. The maximum absolute atomic E-state index is 10.3. The van der Waals surface area contributed by atoms with E-state index in [2.05, 4.69) is 0 Å². The number of hydrogen-bond donors (Lipinski definition) is 3. The Morgan fingerprint density at radius 2 is 1.90 bits per heavy atom. The minimum Gasteiger partial charge on any atom is -0.375 e. The Labute approximate surface area is 59.6 Å². The van der Waals surface area contributed by atoms with Crippen LogP contribution in [0.1, 0.15) is 13.8 Å². The normalized spacial score (nSPS) is 21.7.